The second-order valence-electron chi connectivity index (χ2n) is 0.226. The number of rotatable bonds is 0. The van der Waals surface area contributed by atoms with Crippen molar-refractivity contribution in [3.05, 3.63) is 0 Å². The molecule has 0 saturated heterocycles. The van der Waals surface area contributed by atoms with Crippen molar-refractivity contribution >= 4 is 27.9 Å². The van der Waals surface area contributed by atoms with Gasteiger partial charge in [0.25, 0.3) is 0 Å². The van der Waals surface area contributed by atoms with Crippen LogP contribution in [-0.4, -0.2) is 4.70 Å². The Morgan fingerprint density at radius 2 is 1.60 bits per heavy atom. The molecule has 1 nitrogen and oxygen atoms in total. The Bertz CT molecular complexity index is 36.5. The summed E-state index contributed by atoms with van der Waals surface area (Å²) in [7, 11) is 0. The van der Waals surface area contributed by atoms with Crippen LogP contribution in [0.4, 0.5) is 4.79 Å². The van der Waals surface area contributed by atoms with Crippen LogP contribution < -0.4 is 51.4 Å². The molecular weight excluding hydrogens is 138 g/mol. The van der Waals surface area contributed by atoms with E-state index in [2.05, 4.69) is 23.2 Å². The number of halogens is 2. The first-order chi connectivity index (χ1) is 1.73. The summed E-state index contributed by atoms with van der Waals surface area (Å²) in [6.45, 7) is 0. The van der Waals surface area contributed by atoms with E-state index in [-0.39, 0.29) is 52.8 Å². The largest absolute Gasteiger partial charge is 1.00 e. The Balaban J connectivity index is -0.0000000450. The summed E-state index contributed by atoms with van der Waals surface area (Å²) >= 11 is 8.80. The van der Waals surface area contributed by atoms with Gasteiger partial charge in [0.2, 0.25) is 0 Å². The molecule has 5 heavy (non-hydrogen) atoms. The van der Waals surface area contributed by atoms with E-state index in [1.165, 1.54) is 0 Å². The second kappa shape index (κ2) is 5.89. The minimum atomic E-state index is -0.889. The molecule has 4 heteroatoms. The predicted molar refractivity (Wildman–Crippen MR) is 18.2 cm³/mol. The van der Waals surface area contributed by atoms with Gasteiger partial charge in [0.15, 0.2) is 0 Å². The van der Waals surface area contributed by atoms with Crippen LogP contribution in [0, 0.1) is 0 Å². The van der Waals surface area contributed by atoms with Crippen molar-refractivity contribution in [2.75, 3.05) is 0 Å². The molecule has 0 bridgehead atoms. The van der Waals surface area contributed by atoms with Crippen molar-refractivity contribution < 1.29 is 57.6 Å². The van der Waals surface area contributed by atoms with Crippen molar-refractivity contribution in [1.29, 1.82) is 0 Å². The molecule has 0 fully saturated rings. The third kappa shape index (κ3) is 25.0. The molecule has 0 aliphatic heterocycles. The quantitative estimate of drug-likeness (QED) is 0.301. The summed E-state index contributed by atoms with van der Waals surface area (Å²) in [6.07, 6.45) is 0. The summed E-state index contributed by atoms with van der Waals surface area (Å²) in [6, 6.07) is 0. The van der Waals surface area contributed by atoms with E-state index < -0.39 is 4.70 Å². The molecule has 0 radical (unpaired) electrons. The van der Waals surface area contributed by atoms with Crippen molar-refractivity contribution in [3.8, 4) is 0 Å². The van der Waals surface area contributed by atoms with E-state index >= 15 is 0 Å². The van der Waals surface area contributed by atoms with E-state index in [0.717, 1.165) is 0 Å². The van der Waals surface area contributed by atoms with Crippen molar-refractivity contribution in [3.63, 3.8) is 0 Å². The number of hydrogen-bond donors (Lipinski definition) is 0. The zero-order valence-electron chi connectivity index (χ0n) is 3.66. The third-order valence-electron chi connectivity index (χ3n) is 0. The van der Waals surface area contributed by atoms with Crippen molar-refractivity contribution in [1.82, 2.24) is 0 Å². The van der Waals surface area contributed by atoms with E-state index in [0.29, 0.717) is 0 Å². The fourth-order valence-corrected chi connectivity index (χ4v) is 0. The first kappa shape index (κ1) is 9.99. The fourth-order valence-electron chi connectivity index (χ4n) is 0. The average molecular weight is 139 g/mol. The summed E-state index contributed by atoms with van der Waals surface area (Å²) < 4.78 is -0.889. The normalized spacial score (nSPS) is 5.20. The maximum atomic E-state index is 8.98. The molecule has 0 unspecified atom stereocenters. The maximum absolute atomic E-state index is 8.98. The van der Waals surface area contributed by atoms with Gasteiger partial charge in [-0.1, -0.05) is 0 Å². The summed E-state index contributed by atoms with van der Waals surface area (Å²) in [5, 5.41) is 0. The Hall–Kier alpha value is 1.89. The molecular formula is CHCl2KO. The van der Waals surface area contributed by atoms with Crippen LogP contribution in [0.5, 0.6) is 0 Å². The molecule has 0 aliphatic carbocycles. The number of hydrogen-bond acceptors (Lipinski definition) is 1. The average Bonchev–Trinajstić information content (AvgIpc) is 0.811. The SMILES string of the molecule is O=C(Cl)Cl.[H-].[K+]. The summed E-state index contributed by atoms with van der Waals surface area (Å²) in [4.78, 5) is 8.98. The first-order valence-electron chi connectivity index (χ1n) is 0.582. The molecule has 0 atom stereocenters. The molecule has 0 aromatic rings. The van der Waals surface area contributed by atoms with Gasteiger partial charge in [0.1, 0.15) is 0 Å². The van der Waals surface area contributed by atoms with Crippen molar-refractivity contribution in [2.45, 2.75) is 0 Å². The predicted octanol–water partition coefficient (Wildman–Crippen LogP) is -1.30. The topological polar surface area (TPSA) is 17.1 Å². The molecule has 0 heterocycles. The van der Waals surface area contributed by atoms with Crippen LogP contribution in [0.15, 0.2) is 0 Å². The van der Waals surface area contributed by atoms with Gasteiger partial charge in [-0.05, 0) is 23.2 Å². The van der Waals surface area contributed by atoms with E-state index in [9.17, 15) is 0 Å². The molecule has 0 N–H and O–H groups in total. The molecule has 0 spiro atoms. The van der Waals surface area contributed by atoms with Gasteiger partial charge in [-0.25, -0.2) is 0 Å². The van der Waals surface area contributed by atoms with Crippen LogP contribution in [0.25, 0.3) is 0 Å². The molecule has 0 aromatic carbocycles. The molecule has 0 aliphatic rings. The molecule has 0 amide bonds. The first-order valence-corrected chi connectivity index (χ1v) is 1.34. The van der Waals surface area contributed by atoms with Gasteiger partial charge in [0, 0.05) is 0 Å². The summed E-state index contributed by atoms with van der Waals surface area (Å²) in [5.41, 5.74) is 0. The van der Waals surface area contributed by atoms with E-state index in [1.807, 2.05) is 0 Å². The third-order valence-corrected chi connectivity index (χ3v) is 0. The van der Waals surface area contributed by atoms with E-state index in [4.69, 9.17) is 4.79 Å². The van der Waals surface area contributed by atoms with Gasteiger partial charge < -0.3 is 1.43 Å². The van der Waals surface area contributed by atoms with Gasteiger partial charge >= 0.3 is 56.1 Å². The van der Waals surface area contributed by atoms with Crippen molar-refractivity contribution in [2.24, 2.45) is 0 Å². The Morgan fingerprint density at radius 3 is 1.60 bits per heavy atom. The van der Waals surface area contributed by atoms with Crippen LogP contribution >= 0.6 is 23.2 Å². The molecule has 0 saturated carbocycles. The van der Waals surface area contributed by atoms with Crippen LogP contribution in [0.3, 0.4) is 0 Å². The van der Waals surface area contributed by atoms with Gasteiger partial charge in [-0.15, -0.1) is 0 Å². The van der Waals surface area contributed by atoms with Crippen LogP contribution in [-0.2, 0) is 0 Å². The smallest absolute Gasteiger partial charge is 1.00 e. The standard InChI is InChI=1S/CCl2O.K.H/c2-1(3)4;;/q;+1;-1. The van der Waals surface area contributed by atoms with Crippen LogP contribution in [0.1, 0.15) is 1.43 Å². The second-order valence-corrected chi connectivity index (χ2v) is 1.11. The zero-order valence-corrected chi connectivity index (χ0v) is 7.30. The Morgan fingerprint density at radius 1 is 1.60 bits per heavy atom. The zero-order chi connectivity index (χ0) is 3.58. The van der Waals surface area contributed by atoms with E-state index in [1.54, 1.807) is 0 Å². The van der Waals surface area contributed by atoms with Gasteiger partial charge in [-0.2, -0.15) is 0 Å². The molecule has 0 rings (SSSR count). The summed E-state index contributed by atoms with van der Waals surface area (Å²) in [5.74, 6) is 0. The Kier molecular flexibility index (Phi) is 11.8. The monoisotopic (exact) mass is 138 g/mol. The maximum Gasteiger partial charge on any atom is 1.00 e. The fraction of sp³-hybridized carbons (Fsp3) is 0. The van der Waals surface area contributed by atoms with Gasteiger partial charge in [-0.3, -0.25) is 4.79 Å². The Labute approximate surface area is 83.9 Å². The minimum Gasteiger partial charge on any atom is -1.00 e. The van der Waals surface area contributed by atoms with Crippen LogP contribution in [0.2, 0.25) is 0 Å². The number of carbonyl (C=O) groups is 1. The number of carbonyl (C=O) groups excluding carboxylic acids is 1. The minimum absolute atomic E-state index is 0. The molecule has 0 aromatic heterocycles. The molecule has 26 valence electrons. The van der Waals surface area contributed by atoms with Gasteiger partial charge in [0.05, 0.1) is 0 Å².